The van der Waals surface area contributed by atoms with Crippen LogP contribution in [0.4, 0.5) is 0 Å². The van der Waals surface area contributed by atoms with Gasteiger partial charge >= 0.3 is 0 Å². The van der Waals surface area contributed by atoms with Crippen LogP contribution in [0.15, 0.2) is 52.9 Å². The van der Waals surface area contributed by atoms with E-state index < -0.39 is 0 Å². The lowest BCUT2D eigenvalue weighted by molar-refractivity contribution is 0.103. The molecule has 0 spiro atoms. The summed E-state index contributed by atoms with van der Waals surface area (Å²) in [6.45, 7) is -0.372. The first-order valence-electron chi connectivity index (χ1n) is 6.15. The predicted molar refractivity (Wildman–Crippen MR) is 73.7 cm³/mol. The van der Waals surface area contributed by atoms with E-state index in [0.717, 1.165) is 0 Å². The maximum absolute atomic E-state index is 12.6. The van der Waals surface area contributed by atoms with Crippen LogP contribution >= 0.6 is 0 Å². The lowest BCUT2D eigenvalue weighted by atomic mass is 10.0. The largest absolute Gasteiger partial charge is 0.508 e. The number of hydrogen-bond donors (Lipinski definition) is 2. The maximum atomic E-state index is 12.6. The molecular weight excluding hydrogens is 256 g/mol. The Bertz CT molecular complexity index is 772. The molecule has 3 aromatic rings. The summed E-state index contributed by atoms with van der Waals surface area (Å²) in [5.74, 6) is 0.0170. The summed E-state index contributed by atoms with van der Waals surface area (Å²) >= 11 is 0. The molecule has 0 bridgehead atoms. The van der Waals surface area contributed by atoms with Crippen LogP contribution in [-0.4, -0.2) is 16.0 Å². The van der Waals surface area contributed by atoms with Crippen molar-refractivity contribution < 1.29 is 19.4 Å². The maximum Gasteiger partial charge on any atom is 0.197 e. The summed E-state index contributed by atoms with van der Waals surface area (Å²) in [6.07, 6.45) is 0. The highest BCUT2D eigenvalue weighted by atomic mass is 16.4. The zero-order chi connectivity index (χ0) is 14.1. The Labute approximate surface area is 114 Å². The van der Waals surface area contributed by atoms with Gasteiger partial charge in [0.25, 0.3) is 0 Å². The molecule has 0 aliphatic carbocycles. The highest BCUT2D eigenvalue weighted by Crippen LogP contribution is 2.30. The van der Waals surface area contributed by atoms with E-state index in [1.807, 2.05) is 6.07 Å². The van der Waals surface area contributed by atoms with Crippen LogP contribution in [-0.2, 0) is 6.61 Å². The Balaban J connectivity index is 2.24. The van der Waals surface area contributed by atoms with Crippen LogP contribution in [0.25, 0.3) is 11.0 Å². The van der Waals surface area contributed by atoms with Crippen molar-refractivity contribution in [1.29, 1.82) is 0 Å². The zero-order valence-electron chi connectivity index (χ0n) is 10.5. The lowest BCUT2D eigenvalue weighted by Gasteiger charge is -2.01. The monoisotopic (exact) mass is 268 g/mol. The summed E-state index contributed by atoms with van der Waals surface area (Å²) in [5, 5.41) is 19.5. The molecule has 0 saturated carbocycles. The van der Waals surface area contributed by atoms with Gasteiger partial charge in [-0.1, -0.05) is 30.3 Å². The first-order valence-corrected chi connectivity index (χ1v) is 6.15. The molecule has 0 saturated heterocycles. The highest BCUT2D eigenvalue weighted by molar-refractivity contribution is 6.17. The van der Waals surface area contributed by atoms with Crippen LogP contribution in [0.5, 0.6) is 5.75 Å². The number of ketones is 1. The molecule has 0 radical (unpaired) electrons. The summed E-state index contributed by atoms with van der Waals surface area (Å²) in [5.41, 5.74) is 1.27. The molecule has 2 N–H and O–H groups in total. The first kappa shape index (κ1) is 12.4. The molecule has 1 aromatic heterocycles. The minimum atomic E-state index is -0.372. The number of aromatic hydroxyl groups is 1. The van der Waals surface area contributed by atoms with Crippen LogP contribution in [0.2, 0.25) is 0 Å². The second-order valence-corrected chi connectivity index (χ2v) is 4.43. The fraction of sp³-hybridized carbons (Fsp3) is 0.0625. The van der Waals surface area contributed by atoms with Crippen LogP contribution < -0.4 is 0 Å². The van der Waals surface area contributed by atoms with Crippen molar-refractivity contribution in [2.75, 3.05) is 0 Å². The summed E-state index contributed by atoms with van der Waals surface area (Å²) < 4.78 is 5.46. The number of phenols is 1. The Morgan fingerprint density at radius 1 is 1.10 bits per heavy atom. The Kier molecular flexibility index (Phi) is 3.00. The van der Waals surface area contributed by atoms with Crippen molar-refractivity contribution >= 4 is 16.8 Å². The molecule has 1 heterocycles. The van der Waals surface area contributed by atoms with E-state index in [2.05, 4.69) is 0 Å². The standard InChI is InChI=1S/C16H12O4/c17-9-14-15(16(19)10-4-2-1-3-5-10)12-8-11(18)6-7-13(12)20-14/h1-8,17-18H,9H2. The second-order valence-electron chi connectivity index (χ2n) is 4.43. The molecule has 0 amide bonds. The third-order valence-corrected chi connectivity index (χ3v) is 3.15. The fourth-order valence-electron chi connectivity index (χ4n) is 2.23. The van der Waals surface area contributed by atoms with Crippen molar-refractivity contribution in [3.63, 3.8) is 0 Å². The second kappa shape index (κ2) is 4.83. The minimum absolute atomic E-state index is 0.0462. The van der Waals surface area contributed by atoms with E-state index in [4.69, 9.17) is 4.42 Å². The zero-order valence-corrected chi connectivity index (χ0v) is 10.5. The van der Waals surface area contributed by atoms with Gasteiger partial charge in [0, 0.05) is 10.9 Å². The number of carbonyl (C=O) groups is 1. The van der Waals surface area contributed by atoms with E-state index >= 15 is 0 Å². The van der Waals surface area contributed by atoms with Gasteiger partial charge in [0.1, 0.15) is 23.7 Å². The van der Waals surface area contributed by atoms with E-state index in [9.17, 15) is 15.0 Å². The van der Waals surface area contributed by atoms with Gasteiger partial charge in [0.2, 0.25) is 0 Å². The summed E-state index contributed by atoms with van der Waals surface area (Å²) in [4.78, 5) is 12.6. The van der Waals surface area contributed by atoms with Crippen LogP contribution in [0, 0.1) is 0 Å². The normalized spacial score (nSPS) is 10.8. The third-order valence-electron chi connectivity index (χ3n) is 3.15. The Morgan fingerprint density at radius 3 is 2.55 bits per heavy atom. The number of aliphatic hydroxyl groups is 1. The number of benzene rings is 2. The first-order chi connectivity index (χ1) is 9.70. The minimum Gasteiger partial charge on any atom is -0.508 e. The van der Waals surface area contributed by atoms with E-state index in [1.165, 1.54) is 12.1 Å². The third kappa shape index (κ3) is 1.96. The predicted octanol–water partition coefficient (Wildman–Crippen LogP) is 2.86. The quantitative estimate of drug-likeness (QED) is 0.716. The molecule has 0 aliphatic heterocycles. The van der Waals surface area contributed by atoms with Gasteiger partial charge in [-0.2, -0.15) is 0 Å². The summed E-state index contributed by atoms with van der Waals surface area (Å²) in [6, 6.07) is 13.3. The Hall–Kier alpha value is -2.59. The van der Waals surface area contributed by atoms with Gasteiger partial charge in [-0.05, 0) is 18.2 Å². The average Bonchev–Trinajstić information content (AvgIpc) is 2.85. The molecule has 0 aliphatic rings. The van der Waals surface area contributed by atoms with Gasteiger partial charge < -0.3 is 14.6 Å². The van der Waals surface area contributed by atoms with Crippen molar-refractivity contribution in [2.24, 2.45) is 0 Å². The molecule has 4 nitrogen and oxygen atoms in total. The van der Waals surface area contributed by atoms with Crippen molar-refractivity contribution in [3.05, 3.63) is 65.4 Å². The molecule has 4 heteroatoms. The van der Waals surface area contributed by atoms with E-state index in [0.29, 0.717) is 22.1 Å². The number of carbonyl (C=O) groups excluding carboxylic acids is 1. The average molecular weight is 268 g/mol. The number of aliphatic hydroxyl groups excluding tert-OH is 1. The van der Waals surface area contributed by atoms with Gasteiger partial charge in [-0.3, -0.25) is 4.79 Å². The molecular formula is C16H12O4. The van der Waals surface area contributed by atoms with E-state index in [-0.39, 0.29) is 23.9 Å². The molecule has 0 unspecified atom stereocenters. The molecule has 0 fully saturated rings. The molecule has 100 valence electrons. The number of fused-ring (bicyclic) bond motifs is 1. The van der Waals surface area contributed by atoms with Gasteiger partial charge in [0.15, 0.2) is 5.78 Å². The van der Waals surface area contributed by atoms with E-state index in [1.54, 1.807) is 30.3 Å². The van der Waals surface area contributed by atoms with Crippen molar-refractivity contribution in [3.8, 4) is 5.75 Å². The molecule has 2 aromatic carbocycles. The van der Waals surface area contributed by atoms with Crippen LogP contribution in [0.3, 0.4) is 0 Å². The number of phenolic OH excluding ortho intramolecular Hbond substituents is 1. The molecule has 20 heavy (non-hydrogen) atoms. The molecule has 0 atom stereocenters. The number of rotatable bonds is 3. The van der Waals surface area contributed by atoms with Gasteiger partial charge in [0.05, 0.1) is 5.56 Å². The van der Waals surface area contributed by atoms with Crippen LogP contribution in [0.1, 0.15) is 21.7 Å². The SMILES string of the molecule is O=C(c1ccccc1)c1c(CO)oc2ccc(O)cc12. The topological polar surface area (TPSA) is 70.7 Å². The Morgan fingerprint density at radius 2 is 1.85 bits per heavy atom. The van der Waals surface area contributed by atoms with Gasteiger partial charge in [-0.15, -0.1) is 0 Å². The summed E-state index contributed by atoms with van der Waals surface area (Å²) in [7, 11) is 0. The highest BCUT2D eigenvalue weighted by Gasteiger charge is 2.21. The number of hydrogen-bond acceptors (Lipinski definition) is 4. The smallest absolute Gasteiger partial charge is 0.197 e. The fourth-order valence-corrected chi connectivity index (χ4v) is 2.23. The van der Waals surface area contributed by atoms with Gasteiger partial charge in [-0.25, -0.2) is 0 Å². The molecule has 3 rings (SSSR count). The number of furan rings is 1. The van der Waals surface area contributed by atoms with Crippen molar-refractivity contribution in [2.45, 2.75) is 6.61 Å². The lowest BCUT2D eigenvalue weighted by Crippen LogP contribution is -2.03. The van der Waals surface area contributed by atoms with Crippen molar-refractivity contribution in [1.82, 2.24) is 0 Å².